The third-order valence-corrected chi connectivity index (χ3v) is 3.45. The Labute approximate surface area is 108 Å². The molecule has 4 heteroatoms. The smallest absolute Gasteiger partial charge is 0.299 e. The molecule has 0 saturated carbocycles. The van der Waals surface area contributed by atoms with E-state index in [1.165, 1.54) is 24.3 Å². The maximum absolute atomic E-state index is 14.3. The molecular formula is C15H11F2NO. The van der Waals surface area contributed by atoms with E-state index in [1.54, 1.807) is 19.1 Å². The summed E-state index contributed by atoms with van der Waals surface area (Å²) in [5, 5.41) is 0. The van der Waals surface area contributed by atoms with Crippen molar-refractivity contribution >= 4 is 5.91 Å². The maximum atomic E-state index is 14.3. The highest BCUT2D eigenvalue weighted by atomic mass is 19.3. The molecule has 0 heterocycles. The first-order chi connectivity index (χ1) is 8.91. The summed E-state index contributed by atoms with van der Waals surface area (Å²) in [4.78, 5) is 11.2. The van der Waals surface area contributed by atoms with E-state index in [2.05, 4.69) is 0 Å². The fourth-order valence-electron chi connectivity index (χ4n) is 2.49. The molecule has 0 aromatic heterocycles. The molecule has 0 spiro atoms. The number of benzene rings is 2. The lowest BCUT2D eigenvalue weighted by atomic mass is 10.0. The monoisotopic (exact) mass is 259 g/mol. The first kappa shape index (κ1) is 11.8. The first-order valence-corrected chi connectivity index (χ1v) is 5.85. The number of alkyl halides is 2. The number of aryl methyl sites for hydroxylation is 1. The largest absolute Gasteiger partial charge is 0.366 e. The predicted octanol–water partition coefficient (Wildman–Crippen LogP) is 3.21. The zero-order valence-electron chi connectivity index (χ0n) is 10.2. The molecule has 96 valence electrons. The van der Waals surface area contributed by atoms with Crippen molar-refractivity contribution in [2.24, 2.45) is 5.73 Å². The van der Waals surface area contributed by atoms with Crippen LogP contribution in [0.5, 0.6) is 0 Å². The minimum absolute atomic E-state index is 0.0101. The van der Waals surface area contributed by atoms with Crippen LogP contribution in [0.25, 0.3) is 11.1 Å². The molecule has 19 heavy (non-hydrogen) atoms. The van der Waals surface area contributed by atoms with Gasteiger partial charge in [-0.1, -0.05) is 23.8 Å². The number of carbonyl (C=O) groups is 1. The Hall–Kier alpha value is -2.23. The molecule has 0 aliphatic heterocycles. The van der Waals surface area contributed by atoms with Gasteiger partial charge < -0.3 is 5.73 Å². The van der Waals surface area contributed by atoms with Gasteiger partial charge in [-0.15, -0.1) is 0 Å². The van der Waals surface area contributed by atoms with E-state index in [4.69, 9.17) is 5.73 Å². The van der Waals surface area contributed by atoms with Crippen LogP contribution in [0.2, 0.25) is 0 Å². The van der Waals surface area contributed by atoms with Crippen LogP contribution in [-0.4, -0.2) is 5.91 Å². The highest BCUT2D eigenvalue weighted by Gasteiger charge is 2.44. The Morgan fingerprint density at radius 3 is 2.47 bits per heavy atom. The molecule has 2 aromatic carbocycles. The molecule has 0 atom stereocenters. The van der Waals surface area contributed by atoms with Crippen LogP contribution in [0, 0.1) is 6.92 Å². The van der Waals surface area contributed by atoms with Crippen molar-refractivity contribution in [3.8, 4) is 11.1 Å². The number of rotatable bonds is 1. The van der Waals surface area contributed by atoms with Crippen molar-refractivity contribution in [1.82, 2.24) is 0 Å². The van der Waals surface area contributed by atoms with Crippen LogP contribution in [0.3, 0.4) is 0 Å². The van der Waals surface area contributed by atoms with E-state index in [1.807, 2.05) is 0 Å². The molecule has 0 radical (unpaired) electrons. The highest BCUT2D eigenvalue weighted by Crippen LogP contribution is 2.51. The van der Waals surface area contributed by atoms with Gasteiger partial charge in [0.15, 0.2) is 0 Å². The standard InChI is InChI=1S/C15H11F2NO/c1-8-2-4-10-11-7-9(14(18)19)3-5-12(11)15(16,17)13(10)6-8/h2-7H,1H3,(H2,18,19). The van der Waals surface area contributed by atoms with Gasteiger partial charge in [-0.3, -0.25) is 4.79 Å². The maximum Gasteiger partial charge on any atom is 0.299 e. The van der Waals surface area contributed by atoms with Crippen LogP contribution in [0.1, 0.15) is 27.0 Å². The van der Waals surface area contributed by atoms with Gasteiger partial charge in [0.1, 0.15) is 0 Å². The highest BCUT2D eigenvalue weighted by molar-refractivity contribution is 5.95. The van der Waals surface area contributed by atoms with Gasteiger partial charge in [-0.25, -0.2) is 0 Å². The first-order valence-electron chi connectivity index (χ1n) is 5.85. The van der Waals surface area contributed by atoms with Gasteiger partial charge in [0, 0.05) is 16.7 Å². The summed E-state index contributed by atoms with van der Waals surface area (Å²) in [6.07, 6.45) is 0. The molecule has 2 nitrogen and oxygen atoms in total. The van der Waals surface area contributed by atoms with Gasteiger partial charge >= 0.3 is 0 Å². The van der Waals surface area contributed by atoms with E-state index in [0.717, 1.165) is 5.56 Å². The number of hydrogen-bond acceptors (Lipinski definition) is 1. The zero-order chi connectivity index (χ0) is 13.8. The molecule has 0 bridgehead atoms. The van der Waals surface area contributed by atoms with Gasteiger partial charge in [-0.2, -0.15) is 8.78 Å². The summed E-state index contributed by atoms with van der Waals surface area (Å²) in [7, 11) is 0. The van der Waals surface area contributed by atoms with Crippen LogP contribution < -0.4 is 5.73 Å². The van der Waals surface area contributed by atoms with E-state index in [-0.39, 0.29) is 16.7 Å². The van der Waals surface area contributed by atoms with Crippen molar-refractivity contribution in [2.75, 3.05) is 0 Å². The van der Waals surface area contributed by atoms with Crippen LogP contribution in [0.4, 0.5) is 8.78 Å². The second kappa shape index (κ2) is 3.63. The van der Waals surface area contributed by atoms with Crippen molar-refractivity contribution in [2.45, 2.75) is 12.8 Å². The van der Waals surface area contributed by atoms with E-state index >= 15 is 0 Å². The summed E-state index contributed by atoms with van der Waals surface area (Å²) in [6, 6.07) is 8.99. The average molecular weight is 259 g/mol. The Kier molecular flexibility index (Phi) is 2.26. The average Bonchev–Trinajstić information content (AvgIpc) is 2.58. The Morgan fingerprint density at radius 2 is 1.79 bits per heavy atom. The molecule has 2 aromatic rings. The number of fused-ring (bicyclic) bond motifs is 3. The molecular weight excluding hydrogens is 248 g/mol. The summed E-state index contributed by atoms with van der Waals surface area (Å²) in [6.45, 7) is 1.77. The predicted molar refractivity (Wildman–Crippen MR) is 68.1 cm³/mol. The van der Waals surface area contributed by atoms with Crippen molar-refractivity contribution in [3.05, 3.63) is 58.7 Å². The summed E-state index contributed by atoms with van der Waals surface area (Å²) >= 11 is 0. The van der Waals surface area contributed by atoms with Gasteiger partial charge in [-0.05, 0) is 36.2 Å². The fraction of sp³-hybridized carbons (Fsp3) is 0.133. The summed E-state index contributed by atoms with van der Waals surface area (Å²) in [5.74, 6) is -3.64. The number of hydrogen-bond donors (Lipinski definition) is 1. The normalized spacial score (nSPS) is 14.9. The molecule has 1 amide bonds. The molecule has 0 unspecified atom stereocenters. The van der Waals surface area contributed by atoms with E-state index in [9.17, 15) is 13.6 Å². The van der Waals surface area contributed by atoms with Crippen molar-refractivity contribution in [3.63, 3.8) is 0 Å². The topological polar surface area (TPSA) is 43.1 Å². The lowest BCUT2D eigenvalue weighted by molar-refractivity contribution is 0.0479. The van der Waals surface area contributed by atoms with Crippen LogP contribution in [0.15, 0.2) is 36.4 Å². The van der Waals surface area contributed by atoms with Crippen molar-refractivity contribution < 1.29 is 13.6 Å². The molecule has 2 N–H and O–H groups in total. The van der Waals surface area contributed by atoms with Gasteiger partial charge in [0.05, 0.1) is 0 Å². The summed E-state index contributed by atoms with van der Waals surface area (Å²) < 4.78 is 28.7. The molecule has 1 aliphatic carbocycles. The second-order valence-corrected chi connectivity index (χ2v) is 4.75. The second-order valence-electron chi connectivity index (χ2n) is 4.75. The minimum Gasteiger partial charge on any atom is -0.366 e. The lowest BCUT2D eigenvalue weighted by Gasteiger charge is -2.12. The molecule has 3 rings (SSSR count). The van der Waals surface area contributed by atoms with E-state index < -0.39 is 11.8 Å². The zero-order valence-corrected chi connectivity index (χ0v) is 10.2. The Bertz CT molecular complexity index is 707. The number of nitrogens with two attached hydrogens (primary N) is 1. The van der Waals surface area contributed by atoms with E-state index in [0.29, 0.717) is 11.1 Å². The Morgan fingerprint density at radius 1 is 1.05 bits per heavy atom. The number of halogens is 2. The SMILES string of the molecule is Cc1ccc2c(c1)C(F)(F)c1ccc(C(N)=O)cc1-2. The third-order valence-electron chi connectivity index (χ3n) is 3.45. The minimum atomic E-state index is -3.02. The van der Waals surface area contributed by atoms with Crippen molar-refractivity contribution in [1.29, 1.82) is 0 Å². The number of amides is 1. The lowest BCUT2D eigenvalue weighted by Crippen LogP contribution is -2.13. The van der Waals surface area contributed by atoms with Crippen LogP contribution >= 0.6 is 0 Å². The number of primary amides is 1. The third kappa shape index (κ3) is 1.56. The summed E-state index contributed by atoms with van der Waals surface area (Å²) in [5.41, 5.74) is 6.98. The van der Waals surface area contributed by atoms with Gasteiger partial charge in [0.25, 0.3) is 5.92 Å². The molecule has 0 fully saturated rings. The quantitative estimate of drug-likeness (QED) is 0.839. The molecule has 0 saturated heterocycles. The van der Waals surface area contributed by atoms with Crippen LogP contribution in [-0.2, 0) is 5.92 Å². The van der Waals surface area contributed by atoms with Gasteiger partial charge in [0.2, 0.25) is 5.91 Å². The molecule has 1 aliphatic rings. The number of carbonyl (C=O) groups excluding carboxylic acids is 1. The Balaban J connectivity index is 2.32. The fourth-order valence-corrected chi connectivity index (χ4v) is 2.49.